The smallest absolute Gasteiger partial charge is 0.277 e. The lowest BCUT2D eigenvalue weighted by Gasteiger charge is -2.14. The zero-order valence-electron chi connectivity index (χ0n) is 10.4. The Kier molecular flexibility index (Phi) is 4.07. The molecule has 0 N–H and O–H groups in total. The molecule has 0 bridgehead atoms. The van der Waals surface area contributed by atoms with Gasteiger partial charge in [-0.05, 0) is 11.6 Å². The summed E-state index contributed by atoms with van der Waals surface area (Å²) < 4.78 is 27.2. The van der Waals surface area contributed by atoms with Gasteiger partial charge in [-0.25, -0.2) is 9.98 Å². The topological polar surface area (TPSA) is 30.2 Å². The number of benzene rings is 1. The van der Waals surface area contributed by atoms with E-state index in [-0.39, 0.29) is 0 Å². The molecule has 20 heavy (non-hydrogen) atoms. The number of imidazole rings is 1. The maximum atomic E-state index is 12.7. The summed E-state index contributed by atoms with van der Waals surface area (Å²) in [5.41, 5.74) is 2.17. The highest BCUT2D eigenvalue weighted by atomic mass is 32.2. The third-order valence-corrected chi connectivity index (χ3v) is 5.08. The van der Waals surface area contributed by atoms with Crippen LogP contribution in [0, 0.1) is 0 Å². The van der Waals surface area contributed by atoms with Crippen LogP contribution in [0.15, 0.2) is 41.7 Å². The summed E-state index contributed by atoms with van der Waals surface area (Å²) in [6.07, 6.45) is 2.69. The highest BCUT2D eigenvalue weighted by molar-refractivity contribution is 8.38. The van der Waals surface area contributed by atoms with E-state index >= 15 is 0 Å². The van der Waals surface area contributed by atoms with Crippen LogP contribution in [0.25, 0.3) is 0 Å². The molecule has 104 valence electrons. The van der Waals surface area contributed by atoms with Crippen LogP contribution in [-0.4, -0.2) is 13.9 Å². The second kappa shape index (κ2) is 5.97. The Hall–Kier alpha value is -1.34. The standard InChI is InChI=1S/C13H11F2N3S2/c14-12(15)18-6-5-16-11(18)8-20-13-17-10-4-2-1-3-9(10)7-19-13/h1-6,12H,7-8H2. The van der Waals surface area contributed by atoms with Gasteiger partial charge in [0.15, 0.2) is 0 Å². The molecule has 0 unspecified atom stereocenters. The van der Waals surface area contributed by atoms with Gasteiger partial charge in [-0.1, -0.05) is 41.7 Å². The van der Waals surface area contributed by atoms with Gasteiger partial charge in [-0.15, -0.1) is 0 Å². The van der Waals surface area contributed by atoms with Crippen molar-refractivity contribution >= 4 is 33.6 Å². The van der Waals surface area contributed by atoms with Gasteiger partial charge in [0.2, 0.25) is 0 Å². The summed E-state index contributed by atoms with van der Waals surface area (Å²) in [5.74, 6) is 1.63. The van der Waals surface area contributed by atoms with E-state index in [2.05, 4.69) is 16.0 Å². The molecule has 0 saturated heterocycles. The number of aliphatic imine (C=N–C) groups is 1. The number of halogens is 2. The van der Waals surface area contributed by atoms with Crippen molar-refractivity contribution in [2.24, 2.45) is 4.99 Å². The molecule has 0 radical (unpaired) electrons. The Morgan fingerprint density at radius 1 is 1.35 bits per heavy atom. The average Bonchev–Trinajstić information content (AvgIpc) is 2.93. The summed E-state index contributed by atoms with van der Waals surface area (Å²) in [5, 5.41) is 0. The molecule has 1 aromatic heterocycles. The number of para-hydroxylation sites is 1. The van der Waals surface area contributed by atoms with Gasteiger partial charge in [0.25, 0.3) is 0 Å². The molecule has 1 aromatic carbocycles. The maximum absolute atomic E-state index is 12.7. The molecule has 3 rings (SSSR count). The molecule has 3 nitrogen and oxygen atoms in total. The first-order valence-electron chi connectivity index (χ1n) is 5.96. The van der Waals surface area contributed by atoms with Crippen LogP contribution in [0.1, 0.15) is 17.9 Å². The first-order chi connectivity index (χ1) is 9.74. The maximum Gasteiger partial charge on any atom is 0.319 e. The van der Waals surface area contributed by atoms with Crippen molar-refractivity contribution in [1.29, 1.82) is 0 Å². The lowest BCUT2D eigenvalue weighted by molar-refractivity contribution is 0.0678. The molecule has 0 aliphatic carbocycles. The number of hydrogen-bond donors (Lipinski definition) is 0. The molecule has 0 saturated carbocycles. The summed E-state index contributed by atoms with van der Waals surface area (Å²) in [7, 11) is 0. The Labute approximate surface area is 123 Å². The van der Waals surface area contributed by atoms with Crippen LogP contribution >= 0.6 is 23.5 Å². The van der Waals surface area contributed by atoms with Crippen molar-refractivity contribution in [1.82, 2.24) is 9.55 Å². The number of aromatic nitrogens is 2. The van der Waals surface area contributed by atoms with Crippen molar-refractivity contribution in [3.8, 4) is 0 Å². The minimum Gasteiger partial charge on any atom is -0.277 e. The second-order valence-electron chi connectivity index (χ2n) is 4.11. The fourth-order valence-corrected chi connectivity index (χ4v) is 3.86. The van der Waals surface area contributed by atoms with Crippen LogP contribution in [0.5, 0.6) is 0 Å². The largest absolute Gasteiger partial charge is 0.319 e. The van der Waals surface area contributed by atoms with E-state index in [1.807, 2.05) is 18.2 Å². The first-order valence-corrected chi connectivity index (χ1v) is 7.93. The zero-order chi connectivity index (χ0) is 13.9. The zero-order valence-corrected chi connectivity index (χ0v) is 12.0. The number of fused-ring (bicyclic) bond motifs is 1. The van der Waals surface area contributed by atoms with E-state index in [0.717, 1.165) is 20.4 Å². The van der Waals surface area contributed by atoms with Gasteiger partial charge < -0.3 is 0 Å². The fraction of sp³-hybridized carbons (Fsp3) is 0.231. The van der Waals surface area contributed by atoms with Gasteiger partial charge in [-0.2, -0.15) is 8.78 Å². The van der Waals surface area contributed by atoms with E-state index < -0.39 is 6.55 Å². The normalized spacial score (nSPS) is 14.2. The quantitative estimate of drug-likeness (QED) is 0.839. The van der Waals surface area contributed by atoms with E-state index in [4.69, 9.17) is 0 Å². The summed E-state index contributed by atoms with van der Waals surface area (Å²) in [6, 6.07) is 7.96. The first kappa shape index (κ1) is 13.6. The SMILES string of the molecule is FC(F)n1ccnc1CSC1=Nc2ccccc2CS1. The van der Waals surface area contributed by atoms with Crippen LogP contribution in [0.2, 0.25) is 0 Å². The predicted molar refractivity (Wildman–Crippen MR) is 79.6 cm³/mol. The second-order valence-corrected chi connectivity index (χ2v) is 6.30. The van der Waals surface area contributed by atoms with Crippen LogP contribution in [-0.2, 0) is 11.5 Å². The van der Waals surface area contributed by atoms with Crippen molar-refractivity contribution < 1.29 is 8.78 Å². The van der Waals surface area contributed by atoms with Gasteiger partial charge >= 0.3 is 6.55 Å². The van der Waals surface area contributed by atoms with E-state index in [1.165, 1.54) is 29.7 Å². The van der Waals surface area contributed by atoms with E-state index in [9.17, 15) is 8.78 Å². The molecular weight excluding hydrogens is 300 g/mol. The lowest BCUT2D eigenvalue weighted by Crippen LogP contribution is -2.03. The molecule has 0 atom stereocenters. The highest BCUT2D eigenvalue weighted by Gasteiger charge is 2.15. The third kappa shape index (κ3) is 2.88. The molecule has 2 heterocycles. The molecule has 0 spiro atoms. The van der Waals surface area contributed by atoms with Crippen molar-refractivity contribution in [3.63, 3.8) is 0 Å². The fourth-order valence-electron chi connectivity index (χ4n) is 1.85. The lowest BCUT2D eigenvalue weighted by atomic mass is 10.2. The van der Waals surface area contributed by atoms with Gasteiger partial charge in [0.05, 0.1) is 11.4 Å². The van der Waals surface area contributed by atoms with E-state index in [0.29, 0.717) is 11.6 Å². The Morgan fingerprint density at radius 3 is 3.05 bits per heavy atom. The number of alkyl halides is 2. The van der Waals surface area contributed by atoms with Crippen molar-refractivity contribution in [3.05, 3.63) is 48.0 Å². The Bertz CT molecular complexity index is 640. The van der Waals surface area contributed by atoms with Crippen LogP contribution in [0.4, 0.5) is 14.5 Å². The Balaban J connectivity index is 1.71. The van der Waals surface area contributed by atoms with E-state index in [1.54, 1.807) is 11.8 Å². The Morgan fingerprint density at radius 2 is 2.20 bits per heavy atom. The van der Waals surface area contributed by atoms with Crippen molar-refractivity contribution in [2.45, 2.75) is 18.1 Å². The highest BCUT2D eigenvalue weighted by Crippen LogP contribution is 2.35. The van der Waals surface area contributed by atoms with Gasteiger partial charge in [0, 0.05) is 18.1 Å². The monoisotopic (exact) mass is 311 g/mol. The number of hydrogen-bond acceptors (Lipinski definition) is 4. The van der Waals surface area contributed by atoms with Gasteiger partial charge in [-0.3, -0.25) is 4.57 Å². The molecule has 0 fully saturated rings. The van der Waals surface area contributed by atoms with Crippen molar-refractivity contribution in [2.75, 3.05) is 0 Å². The molecule has 0 amide bonds. The molecule has 7 heteroatoms. The number of rotatable bonds is 3. The molecular formula is C13H11F2N3S2. The summed E-state index contributed by atoms with van der Waals surface area (Å²) in [6.45, 7) is -2.55. The minimum atomic E-state index is -2.55. The summed E-state index contributed by atoms with van der Waals surface area (Å²) >= 11 is 3.08. The van der Waals surface area contributed by atoms with Gasteiger partial charge in [0.1, 0.15) is 10.2 Å². The molecule has 1 aliphatic rings. The summed E-state index contributed by atoms with van der Waals surface area (Å²) in [4.78, 5) is 8.50. The van der Waals surface area contributed by atoms with Crippen LogP contribution in [0.3, 0.4) is 0 Å². The number of thioether (sulfide) groups is 2. The van der Waals surface area contributed by atoms with Crippen LogP contribution < -0.4 is 0 Å². The molecule has 1 aliphatic heterocycles. The average molecular weight is 311 g/mol. The predicted octanol–water partition coefficient (Wildman–Crippen LogP) is 4.45. The third-order valence-electron chi connectivity index (χ3n) is 2.84. The molecule has 2 aromatic rings. The minimum absolute atomic E-state index is 0.368. The number of nitrogens with zero attached hydrogens (tertiary/aromatic N) is 3.